The highest BCUT2D eigenvalue weighted by molar-refractivity contribution is 5.91. The van der Waals surface area contributed by atoms with Crippen LogP contribution in [0.25, 0.3) is 10.8 Å². The van der Waals surface area contributed by atoms with E-state index >= 15 is 0 Å². The van der Waals surface area contributed by atoms with E-state index in [1.807, 2.05) is 49.5 Å². The first-order valence-electron chi connectivity index (χ1n) is 11.5. The quantitative estimate of drug-likeness (QED) is 0.288. The number of anilines is 1. The van der Waals surface area contributed by atoms with Crippen molar-refractivity contribution in [2.24, 2.45) is 5.10 Å². The summed E-state index contributed by atoms with van der Waals surface area (Å²) in [5.41, 5.74) is 3.87. The Bertz CT molecular complexity index is 1200. The van der Waals surface area contributed by atoms with Crippen LogP contribution in [-0.4, -0.2) is 36.7 Å². The van der Waals surface area contributed by atoms with E-state index in [0.29, 0.717) is 17.4 Å². The molecule has 4 rings (SSSR count). The Morgan fingerprint density at radius 3 is 2.71 bits per heavy atom. The lowest BCUT2D eigenvalue weighted by atomic mass is 9.94. The number of ether oxygens (including phenoxy) is 1. The van der Waals surface area contributed by atoms with Gasteiger partial charge in [-0.05, 0) is 30.4 Å². The zero-order chi connectivity index (χ0) is 23.9. The van der Waals surface area contributed by atoms with Crippen LogP contribution >= 0.6 is 0 Å². The highest BCUT2D eigenvalue weighted by Crippen LogP contribution is 2.30. The summed E-state index contributed by atoms with van der Waals surface area (Å²) < 4.78 is 5.69. The van der Waals surface area contributed by atoms with Crippen LogP contribution < -0.4 is 15.1 Å². The number of nitrogens with zero attached hydrogens (tertiary/aromatic N) is 3. The third kappa shape index (κ3) is 5.51. The molecule has 1 amide bonds. The zero-order valence-corrected chi connectivity index (χ0v) is 19.1. The monoisotopic (exact) mass is 460 g/mol. The zero-order valence-electron chi connectivity index (χ0n) is 19.1. The molecule has 0 saturated heterocycles. The predicted molar refractivity (Wildman–Crippen MR) is 134 cm³/mol. The van der Waals surface area contributed by atoms with E-state index < -0.39 is 10.8 Å². The van der Waals surface area contributed by atoms with Crippen molar-refractivity contribution in [1.82, 2.24) is 5.43 Å². The van der Waals surface area contributed by atoms with Gasteiger partial charge in [-0.25, -0.2) is 5.43 Å². The van der Waals surface area contributed by atoms with Gasteiger partial charge in [0.2, 0.25) is 0 Å². The van der Waals surface area contributed by atoms with Gasteiger partial charge < -0.3 is 9.64 Å². The molecule has 1 aliphatic carbocycles. The first-order chi connectivity index (χ1) is 16.5. The van der Waals surface area contributed by atoms with Gasteiger partial charge in [0.25, 0.3) is 11.6 Å². The van der Waals surface area contributed by atoms with E-state index in [1.165, 1.54) is 37.6 Å². The van der Waals surface area contributed by atoms with Crippen LogP contribution in [0.5, 0.6) is 5.75 Å². The summed E-state index contributed by atoms with van der Waals surface area (Å²) in [5.74, 6) is 0.198. The number of amides is 1. The van der Waals surface area contributed by atoms with Crippen LogP contribution in [0.15, 0.2) is 65.8 Å². The smallest absolute Gasteiger partial charge is 0.277 e. The molecule has 0 aliphatic heterocycles. The fourth-order valence-corrected chi connectivity index (χ4v) is 4.42. The minimum absolute atomic E-state index is 0.0205. The van der Waals surface area contributed by atoms with E-state index in [0.717, 1.165) is 29.3 Å². The molecule has 0 spiro atoms. The summed E-state index contributed by atoms with van der Waals surface area (Å²) in [5, 5.41) is 17.3. The van der Waals surface area contributed by atoms with Crippen molar-refractivity contribution in [3.63, 3.8) is 0 Å². The van der Waals surface area contributed by atoms with Crippen molar-refractivity contribution in [3.05, 3.63) is 76.3 Å². The largest absolute Gasteiger partial charge is 0.483 e. The number of nitro benzene ring substituents is 1. The molecule has 0 unspecified atom stereocenters. The molecule has 0 atom stereocenters. The molecule has 0 bridgehead atoms. The van der Waals surface area contributed by atoms with E-state index in [1.54, 1.807) is 6.07 Å². The average Bonchev–Trinajstić information content (AvgIpc) is 2.87. The van der Waals surface area contributed by atoms with Crippen LogP contribution in [0, 0.1) is 10.1 Å². The van der Waals surface area contributed by atoms with E-state index in [-0.39, 0.29) is 12.3 Å². The molecule has 34 heavy (non-hydrogen) atoms. The number of carbonyl (C=O) groups is 1. The van der Waals surface area contributed by atoms with Crippen LogP contribution in [0.3, 0.4) is 0 Å². The summed E-state index contributed by atoms with van der Waals surface area (Å²) in [6.07, 6.45) is 7.23. The van der Waals surface area contributed by atoms with Crippen molar-refractivity contribution in [3.8, 4) is 5.75 Å². The second-order valence-electron chi connectivity index (χ2n) is 8.46. The number of benzene rings is 3. The van der Waals surface area contributed by atoms with Crippen LogP contribution in [0.1, 0.15) is 37.7 Å². The standard InChI is InChI=1S/C26H28N4O4/c1-29(21-10-3-2-4-11-21)24-15-14-22(30(32)33)16-20(24)17-27-28-26(31)18-34-25-13-7-9-19-8-5-6-12-23(19)25/h5-9,12-17,21H,2-4,10-11,18H2,1H3,(H,28,31)/b27-17+. The van der Waals surface area contributed by atoms with Gasteiger partial charge in [0.15, 0.2) is 6.61 Å². The van der Waals surface area contributed by atoms with Gasteiger partial charge in [-0.15, -0.1) is 0 Å². The SMILES string of the molecule is CN(c1ccc([N+](=O)[O-])cc1/C=N/NC(=O)COc1cccc2ccccc12)C1CCCCC1. The number of hydrazone groups is 1. The fourth-order valence-electron chi connectivity index (χ4n) is 4.42. The molecule has 1 aliphatic rings. The topological polar surface area (TPSA) is 97.1 Å². The second kappa shape index (κ2) is 10.8. The molecule has 8 heteroatoms. The van der Waals surface area contributed by atoms with E-state index in [9.17, 15) is 14.9 Å². The highest BCUT2D eigenvalue weighted by atomic mass is 16.6. The maximum atomic E-state index is 12.3. The Kier molecular flexibility index (Phi) is 7.37. The van der Waals surface area contributed by atoms with Crippen LogP contribution in [0.2, 0.25) is 0 Å². The van der Waals surface area contributed by atoms with E-state index in [4.69, 9.17) is 4.74 Å². The fraction of sp³-hybridized carbons (Fsp3) is 0.308. The minimum Gasteiger partial charge on any atom is -0.483 e. The minimum atomic E-state index is -0.432. The molecule has 1 N–H and O–H groups in total. The summed E-state index contributed by atoms with van der Waals surface area (Å²) in [6, 6.07) is 18.6. The normalized spacial score (nSPS) is 14.3. The highest BCUT2D eigenvalue weighted by Gasteiger charge is 2.21. The molecule has 0 aromatic heterocycles. The first-order valence-corrected chi connectivity index (χ1v) is 11.5. The predicted octanol–water partition coefficient (Wildman–Crippen LogP) is 5.05. The lowest BCUT2D eigenvalue weighted by Crippen LogP contribution is -2.34. The Morgan fingerprint density at radius 2 is 1.91 bits per heavy atom. The molecular formula is C26H28N4O4. The van der Waals surface area contributed by atoms with Gasteiger partial charge >= 0.3 is 0 Å². The number of carbonyl (C=O) groups excluding carboxylic acids is 1. The van der Waals surface area contributed by atoms with Gasteiger partial charge in [0.05, 0.1) is 11.1 Å². The van der Waals surface area contributed by atoms with Gasteiger partial charge in [-0.3, -0.25) is 14.9 Å². The lowest BCUT2D eigenvalue weighted by Gasteiger charge is -2.33. The van der Waals surface area contributed by atoms with Crippen molar-refractivity contribution in [2.75, 3.05) is 18.6 Å². The van der Waals surface area contributed by atoms with Gasteiger partial charge in [-0.2, -0.15) is 5.10 Å². The van der Waals surface area contributed by atoms with Crippen LogP contribution in [0.4, 0.5) is 11.4 Å². The second-order valence-corrected chi connectivity index (χ2v) is 8.46. The van der Waals surface area contributed by atoms with Crippen molar-refractivity contribution in [2.45, 2.75) is 38.1 Å². The molecule has 1 fully saturated rings. The number of fused-ring (bicyclic) bond motifs is 1. The first kappa shape index (κ1) is 23.2. The maximum absolute atomic E-state index is 12.3. The van der Waals surface area contributed by atoms with Crippen LogP contribution in [-0.2, 0) is 4.79 Å². The third-order valence-corrected chi connectivity index (χ3v) is 6.23. The van der Waals surface area contributed by atoms with Gasteiger partial charge in [0, 0.05) is 41.9 Å². The lowest BCUT2D eigenvalue weighted by molar-refractivity contribution is -0.384. The molecule has 0 radical (unpaired) electrons. The molecule has 8 nitrogen and oxygen atoms in total. The molecule has 3 aromatic carbocycles. The number of nitro groups is 1. The van der Waals surface area contributed by atoms with E-state index in [2.05, 4.69) is 15.4 Å². The molecular weight excluding hydrogens is 432 g/mol. The average molecular weight is 461 g/mol. The maximum Gasteiger partial charge on any atom is 0.277 e. The summed E-state index contributed by atoms with van der Waals surface area (Å²) in [7, 11) is 2.01. The third-order valence-electron chi connectivity index (χ3n) is 6.23. The number of hydrogen-bond donors (Lipinski definition) is 1. The summed E-state index contributed by atoms with van der Waals surface area (Å²) in [6.45, 7) is -0.199. The van der Waals surface area contributed by atoms with Crippen molar-refractivity contribution in [1.29, 1.82) is 0 Å². The van der Waals surface area contributed by atoms with Crippen molar-refractivity contribution < 1.29 is 14.5 Å². The number of non-ortho nitro benzene ring substituents is 1. The number of hydrogen-bond acceptors (Lipinski definition) is 6. The van der Waals surface area contributed by atoms with Crippen molar-refractivity contribution >= 4 is 34.3 Å². The number of rotatable bonds is 8. The molecule has 1 saturated carbocycles. The van der Waals surface area contributed by atoms with Gasteiger partial charge in [-0.1, -0.05) is 55.7 Å². The molecule has 176 valence electrons. The Hall–Kier alpha value is -3.94. The number of nitrogens with one attached hydrogen (secondary N) is 1. The Balaban J connectivity index is 1.43. The molecule has 0 heterocycles. The Morgan fingerprint density at radius 1 is 1.15 bits per heavy atom. The summed E-state index contributed by atoms with van der Waals surface area (Å²) in [4.78, 5) is 25.3. The van der Waals surface area contributed by atoms with Gasteiger partial charge in [0.1, 0.15) is 5.75 Å². The summed E-state index contributed by atoms with van der Waals surface area (Å²) >= 11 is 0. The molecule has 3 aromatic rings. The Labute approximate surface area is 198 Å².